The Hall–Kier alpha value is -0.480. The van der Waals surface area contributed by atoms with E-state index in [1.165, 1.54) is 44.1 Å². The molecule has 23 heavy (non-hydrogen) atoms. The molecule has 0 aliphatic heterocycles. The van der Waals surface area contributed by atoms with Gasteiger partial charge in [0.15, 0.2) is 0 Å². The molecule has 4 bridgehead atoms. The van der Waals surface area contributed by atoms with Gasteiger partial charge in [0.25, 0.3) is 0 Å². The van der Waals surface area contributed by atoms with Gasteiger partial charge in [-0.3, -0.25) is 4.79 Å². The Balaban J connectivity index is 1.28. The zero-order valence-corrected chi connectivity index (χ0v) is 15.8. The fraction of sp³-hybridized carbons (Fsp3) is 0.632. The van der Waals surface area contributed by atoms with Crippen molar-refractivity contribution in [2.75, 3.05) is 5.75 Å². The van der Waals surface area contributed by atoms with E-state index in [0.29, 0.717) is 5.75 Å². The Labute approximate surface area is 151 Å². The molecule has 0 aromatic heterocycles. The maximum Gasteiger partial charge on any atom is 0.230 e. The van der Waals surface area contributed by atoms with Crippen LogP contribution in [-0.4, -0.2) is 17.2 Å². The molecule has 4 fully saturated rings. The van der Waals surface area contributed by atoms with Gasteiger partial charge in [-0.15, -0.1) is 11.8 Å². The molecule has 1 amide bonds. The first-order valence-corrected chi connectivity index (χ1v) is 10.7. The van der Waals surface area contributed by atoms with Crippen molar-refractivity contribution in [1.29, 1.82) is 0 Å². The normalized spacial score (nSPS) is 34.6. The smallest absolute Gasteiger partial charge is 0.230 e. The number of carbonyl (C=O) groups is 1. The standard InChI is InChI=1S/C19H24BrNOS/c20-17-3-1-13(2-4-17)11-23-12-18(22)21-19-8-14-5-15(9-19)7-16(6-14)10-19/h1-4,14-16H,5-12H2,(H,21,22). The fourth-order valence-corrected chi connectivity index (χ4v) is 6.49. The maximum atomic E-state index is 12.4. The Morgan fingerprint density at radius 1 is 1.09 bits per heavy atom. The molecule has 0 spiro atoms. The van der Waals surface area contributed by atoms with Crippen LogP contribution in [0.5, 0.6) is 0 Å². The third-order valence-electron chi connectivity index (χ3n) is 5.86. The molecule has 4 aliphatic carbocycles. The van der Waals surface area contributed by atoms with Crippen LogP contribution in [0.2, 0.25) is 0 Å². The van der Waals surface area contributed by atoms with Crippen LogP contribution in [0.3, 0.4) is 0 Å². The summed E-state index contributed by atoms with van der Waals surface area (Å²) in [5.41, 5.74) is 1.44. The van der Waals surface area contributed by atoms with Crippen LogP contribution in [0.15, 0.2) is 28.7 Å². The predicted molar refractivity (Wildman–Crippen MR) is 99.3 cm³/mol. The first kappa shape index (κ1) is 16.0. The van der Waals surface area contributed by atoms with Gasteiger partial charge >= 0.3 is 0 Å². The molecule has 1 aromatic rings. The molecule has 5 rings (SSSR count). The van der Waals surface area contributed by atoms with Gasteiger partial charge in [0.05, 0.1) is 5.75 Å². The number of benzene rings is 1. The minimum atomic E-state index is 0.157. The molecule has 124 valence electrons. The highest BCUT2D eigenvalue weighted by molar-refractivity contribution is 9.10. The summed E-state index contributed by atoms with van der Waals surface area (Å²) in [6.07, 6.45) is 7.99. The minimum Gasteiger partial charge on any atom is -0.350 e. The Morgan fingerprint density at radius 3 is 2.22 bits per heavy atom. The summed E-state index contributed by atoms with van der Waals surface area (Å²) in [5, 5.41) is 3.45. The van der Waals surface area contributed by atoms with Crippen LogP contribution >= 0.6 is 27.7 Å². The second kappa shape index (κ2) is 6.44. The van der Waals surface area contributed by atoms with Crippen molar-refractivity contribution in [3.05, 3.63) is 34.3 Å². The number of thioether (sulfide) groups is 1. The Bertz CT molecular complexity index is 550. The summed E-state index contributed by atoms with van der Waals surface area (Å²) in [7, 11) is 0. The highest BCUT2D eigenvalue weighted by Gasteiger charge is 2.51. The average molecular weight is 394 g/mol. The number of carbonyl (C=O) groups excluding carboxylic acids is 1. The van der Waals surface area contributed by atoms with E-state index in [2.05, 4.69) is 45.5 Å². The Morgan fingerprint density at radius 2 is 1.65 bits per heavy atom. The average Bonchev–Trinajstić information content (AvgIpc) is 2.47. The molecule has 0 saturated heterocycles. The van der Waals surface area contributed by atoms with E-state index < -0.39 is 0 Å². The van der Waals surface area contributed by atoms with E-state index in [0.717, 1.165) is 28.0 Å². The third kappa shape index (κ3) is 3.63. The lowest BCUT2D eigenvalue weighted by atomic mass is 9.53. The van der Waals surface area contributed by atoms with Crippen molar-refractivity contribution in [2.24, 2.45) is 17.8 Å². The van der Waals surface area contributed by atoms with Crippen molar-refractivity contribution in [2.45, 2.75) is 49.8 Å². The summed E-state index contributed by atoms with van der Waals surface area (Å²) in [4.78, 5) is 12.4. The third-order valence-corrected chi connectivity index (χ3v) is 7.39. The second-order valence-electron chi connectivity index (χ2n) is 7.87. The summed E-state index contributed by atoms with van der Waals surface area (Å²) in [6, 6.07) is 8.36. The number of rotatable bonds is 5. The molecule has 4 saturated carbocycles. The molecule has 0 heterocycles. The van der Waals surface area contributed by atoms with Gasteiger partial charge in [-0.1, -0.05) is 28.1 Å². The molecule has 4 aliphatic rings. The zero-order chi connectivity index (χ0) is 15.9. The van der Waals surface area contributed by atoms with Crippen LogP contribution in [0.25, 0.3) is 0 Å². The van der Waals surface area contributed by atoms with Crippen molar-refractivity contribution >= 4 is 33.6 Å². The first-order valence-electron chi connectivity index (χ1n) is 8.73. The summed E-state index contributed by atoms with van der Waals surface area (Å²) >= 11 is 5.18. The number of amides is 1. The zero-order valence-electron chi connectivity index (χ0n) is 13.4. The molecule has 4 heteroatoms. The van der Waals surface area contributed by atoms with Crippen molar-refractivity contribution in [3.63, 3.8) is 0 Å². The summed E-state index contributed by atoms with van der Waals surface area (Å²) in [5.74, 6) is 4.39. The van der Waals surface area contributed by atoms with E-state index in [1.807, 2.05) is 0 Å². The number of nitrogens with one attached hydrogen (secondary N) is 1. The van der Waals surface area contributed by atoms with Crippen LogP contribution in [0.4, 0.5) is 0 Å². The highest BCUT2D eigenvalue weighted by Crippen LogP contribution is 2.55. The Kier molecular flexibility index (Phi) is 4.48. The molecule has 0 atom stereocenters. The molecule has 0 unspecified atom stereocenters. The van der Waals surface area contributed by atoms with Crippen molar-refractivity contribution < 1.29 is 4.79 Å². The van der Waals surface area contributed by atoms with Crippen LogP contribution in [0, 0.1) is 17.8 Å². The van der Waals surface area contributed by atoms with Gasteiger partial charge in [-0.05, 0) is 74.0 Å². The predicted octanol–water partition coefficient (Wildman–Crippen LogP) is 4.77. The first-order chi connectivity index (χ1) is 11.1. The van der Waals surface area contributed by atoms with E-state index in [1.54, 1.807) is 11.8 Å². The van der Waals surface area contributed by atoms with E-state index in [4.69, 9.17) is 0 Å². The van der Waals surface area contributed by atoms with Gasteiger partial charge in [0.1, 0.15) is 0 Å². The van der Waals surface area contributed by atoms with E-state index in [-0.39, 0.29) is 11.4 Å². The highest BCUT2D eigenvalue weighted by atomic mass is 79.9. The topological polar surface area (TPSA) is 29.1 Å². The lowest BCUT2D eigenvalue weighted by molar-refractivity contribution is -0.124. The summed E-state index contributed by atoms with van der Waals surface area (Å²) < 4.78 is 1.10. The van der Waals surface area contributed by atoms with Crippen LogP contribution in [-0.2, 0) is 10.5 Å². The SMILES string of the molecule is O=C(CSCc1ccc(Br)cc1)NC12CC3CC(CC(C3)C1)C2. The maximum absolute atomic E-state index is 12.4. The largest absolute Gasteiger partial charge is 0.350 e. The van der Waals surface area contributed by atoms with Gasteiger partial charge in [0, 0.05) is 15.8 Å². The quantitative estimate of drug-likeness (QED) is 0.780. The molecule has 2 nitrogen and oxygen atoms in total. The molecule has 1 N–H and O–H groups in total. The number of halogens is 1. The summed E-state index contributed by atoms with van der Waals surface area (Å²) in [6.45, 7) is 0. The minimum absolute atomic E-state index is 0.157. The van der Waals surface area contributed by atoms with Crippen LogP contribution < -0.4 is 5.32 Å². The van der Waals surface area contributed by atoms with E-state index in [9.17, 15) is 4.79 Å². The number of hydrogen-bond acceptors (Lipinski definition) is 2. The van der Waals surface area contributed by atoms with Crippen LogP contribution in [0.1, 0.15) is 44.1 Å². The monoisotopic (exact) mass is 393 g/mol. The fourth-order valence-electron chi connectivity index (χ4n) is 5.44. The van der Waals surface area contributed by atoms with Gasteiger partial charge < -0.3 is 5.32 Å². The molecular weight excluding hydrogens is 370 g/mol. The second-order valence-corrected chi connectivity index (χ2v) is 9.77. The van der Waals surface area contributed by atoms with Gasteiger partial charge in [-0.25, -0.2) is 0 Å². The molecule has 0 radical (unpaired) electrons. The molecular formula is C19H24BrNOS. The number of hydrogen-bond donors (Lipinski definition) is 1. The molecule has 1 aromatic carbocycles. The lowest BCUT2D eigenvalue weighted by Crippen LogP contribution is -2.60. The van der Waals surface area contributed by atoms with Crippen molar-refractivity contribution in [1.82, 2.24) is 5.32 Å². The van der Waals surface area contributed by atoms with Gasteiger partial charge in [-0.2, -0.15) is 0 Å². The lowest BCUT2D eigenvalue weighted by Gasteiger charge is -2.56. The van der Waals surface area contributed by atoms with Gasteiger partial charge in [0.2, 0.25) is 5.91 Å². The van der Waals surface area contributed by atoms with E-state index >= 15 is 0 Å². The van der Waals surface area contributed by atoms with Crippen molar-refractivity contribution in [3.8, 4) is 0 Å².